The second-order valence-corrected chi connectivity index (χ2v) is 11.3. The zero-order chi connectivity index (χ0) is 23.5. The van der Waals surface area contributed by atoms with Crippen LogP contribution in [0.1, 0.15) is 68.1 Å². The first-order valence-electron chi connectivity index (χ1n) is 12.9. The second-order valence-electron chi connectivity index (χ2n) is 11.3. The van der Waals surface area contributed by atoms with Crippen molar-refractivity contribution in [2.24, 2.45) is 23.5 Å². The maximum Gasteiger partial charge on any atom is 0.416 e. The lowest BCUT2D eigenvalue weighted by Gasteiger charge is -2.57. The normalized spacial score (nSPS) is 28.2. The minimum Gasteiger partial charge on any atom is -0.354 e. The topological polar surface area (TPSA) is 41.8 Å². The highest BCUT2D eigenvalue weighted by atomic mass is 19.4. The summed E-state index contributed by atoms with van der Waals surface area (Å²) in [7, 11) is 0. The summed E-state index contributed by atoms with van der Waals surface area (Å²) in [5.74, 6) is 2.67. The van der Waals surface area contributed by atoms with Gasteiger partial charge in [0.25, 0.3) is 0 Å². The van der Waals surface area contributed by atoms with E-state index in [0.717, 1.165) is 53.8 Å². The minimum absolute atomic E-state index is 0.323. The van der Waals surface area contributed by atoms with E-state index in [0.29, 0.717) is 12.0 Å². The lowest BCUT2D eigenvalue weighted by molar-refractivity contribution is -0.137. The van der Waals surface area contributed by atoms with E-state index in [1.165, 1.54) is 67.2 Å². The Balaban J connectivity index is 1.42. The molecular formula is C29H33F3N2. The summed E-state index contributed by atoms with van der Waals surface area (Å²) < 4.78 is 39.3. The molecule has 0 spiro atoms. The first-order valence-corrected chi connectivity index (χ1v) is 12.9. The van der Waals surface area contributed by atoms with Crippen molar-refractivity contribution in [3.8, 4) is 11.3 Å². The number of rotatable bonds is 6. The van der Waals surface area contributed by atoms with Gasteiger partial charge in [0.2, 0.25) is 0 Å². The quantitative estimate of drug-likeness (QED) is 0.361. The molecule has 2 aromatic carbocycles. The predicted molar refractivity (Wildman–Crippen MR) is 131 cm³/mol. The zero-order valence-electron chi connectivity index (χ0n) is 19.6. The highest BCUT2D eigenvalue weighted by Gasteiger charge is 2.51. The molecule has 0 amide bonds. The van der Waals surface area contributed by atoms with Gasteiger partial charge in [-0.15, -0.1) is 0 Å². The first-order chi connectivity index (χ1) is 16.3. The molecule has 3 aromatic rings. The summed E-state index contributed by atoms with van der Waals surface area (Å²) in [6.07, 6.45) is 6.70. The Hall–Kier alpha value is -2.27. The zero-order valence-corrected chi connectivity index (χ0v) is 19.6. The molecule has 0 radical (unpaired) electrons. The largest absolute Gasteiger partial charge is 0.416 e. The number of aromatic amines is 1. The van der Waals surface area contributed by atoms with Gasteiger partial charge >= 0.3 is 6.18 Å². The molecule has 4 aliphatic carbocycles. The first kappa shape index (κ1) is 22.2. The number of nitrogens with two attached hydrogens (primary N) is 1. The molecule has 4 aliphatic rings. The Morgan fingerprint density at radius 3 is 2.12 bits per heavy atom. The van der Waals surface area contributed by atoms with Crippen LogP contribution in [0.5, 0.6) is 0 Å². The van der Waals surface area contributed by atoms with Crippen LogP contribution in [-0.4, -0.2) is 11.5 Å². The molecule has 3 N–H and O–H groups in total. The summed E-state index contributed by atoms with van der Waals surface area (Å²) in [5.41, 5.74) is 11.0. The Kier molecular flexibility index (Phi) is 5.32. The highest BCUT2D eigenvalue weighted by Crippen LogP contribution is 2.61. The molecule has 7 rings (SSSR count). The summed E-state index contributed by atoms with van der Waals surface area (Å²) in [6.45, 7) is 0.649. The SMILES string of the molecule is NCCCCc1c(-c2ccc(C(F)(F)F)cc2)[nH]c2ccc(C34CC5CC(CC(C5)C3)C4)cc12. The number of aromatic nitrogens is 1. The van der Waals surface area contributed by atoms with E-state index in [1.807, 2.05) is 0 Å². The van der Waals surface area contributed by atoms with Gasteiger partial charge in [0.1, 0.15) is 0 Å². The lowest BCUT2D eigenvalue weighted by atomic mass is 9.48. The van der Waals surface area contributed by atoms with Gasteiger partial charge in [-0.2, -0.15) is 13.2 Å². The maximum absolute atomic E-state index is 13.1. The van der Waals surface area contributed by atoms with Crippen LogP contribution in [0.25, 0.3) is 22.2 Å². The van der Waals surface area contributed by atoms with Crippen LogP contribution < -0.4 is 5.73 Å². The molecule has 180 valence electrons. The van der Waals surface area contributed by atoms with Gasteiger partial charge in [0.05, 0.1) is 5.56 Å². The number of benzene rings is 2. The third-order valence-corrected chi connectivity index (χ3v) is 8.94. The van der Waals surface area contributed by atoms with Crippen LogP contribution in [0.15, 0.2) is 42.5 Å². The van der Waals surface area contributed by atoms with Crippen molar-refractivity contribution in [3.05, 3.63) is 59.2 Å². The average Bonchev–Trinajstić information content (AvgIpc) is 3.16. The molecule has 1 heterocycles. The van der Waals surface area contributed by atoms with Crippen LogP contribution in [0.3, 0.4) is 0 Å². The van der Waals surface area contributed by atoms with Crippen LogP contribution in [-0.2, 0) is 18.0 Å². The number of alkyl halides is 3. The Morgan fingerprint density at radius 2 is 1.53 bits per heavy atom. The van der Waals surface area contributed by atoms with E-state index in [1.54, 1.807) is 12.1 Å². The third kappa shape index (κ3) is 3.77. The van der Waals surface area contributed by atoms with Crippen molar-refractivity contribution in [1.29, 1.82) is 0 Å². The van der Waals surface area contributed by atoms with Gasteiger partial charge in [0.15, 0.2) is 0 Å². The van der Waals surface area contributed by atoms with E-state index in [2.05, 4.69) is 23.2 Å². The van der Waals surface area contributed by atoms with E-state index >= 15 is 0 Å². The van der Waals surface area contributed by atoms with Gasteiger partial charge in [0, 0.05) is 16.6 Å². The third-order valence-electron chi connectivity index (χ3n) is 8.94. The Bertz CT molecular complexity index is 1150. The van der Waals surface area contributed by atoms with Gasteiger partial charge in [-0.05, 0) is 128 Å². The number of hydrogen-bond acceptors (Lipinski definition) is 1. The molecule has 4 fully saturated rings. The van der Waals surface area contributed by atoms with E-state index in [-0.39, 0.29) is 0 Å². The molecule has 2 nitrogen and oxygen atoms in total. The summed E-state index contributed by atoms with van der Waals surface area (Å²) in [6, 6.07) is 12.5. The smallest absolute Gasteiger partial charge is 0.354 e. The minimum atomic E-state index is -4.32. The molecular weight excluding hydrogens is 433 g/mol. The van der Waals surface area contributed by atoms with Crippen LogP contribution in [0, 0.1) is 17.8 Å². The molecule has 0 aliphatic heterocycles. The van der Waals surface area contributed by atoms with Gasteiger partial charge in [-0.25, -0.2) is 0 Å². The van der Waals surface area contributed by atoms with Gasteiger partial charge in [-0.3, -0.25) is 0 Å². The van der Waals surface area contributed by atoms with Crippen molar-refractivity contribution in [3.63, 3.8) is 0 Å². The van der Waals surface area contributed by atoms with Gasteiger partial charge in [-0.1, -0.05) is 18.2 Å². The number of unbranched alkanes of at least 4 members (excludes halogenated alkanes) is 1. The number of nitrogens with one attached hydrogen (secondary N) is 1. The number of hydrogen-bond donors (Lipinski definition) is 2. The van der Waals surface area contributed by atoms with Crippen molar-refractivity contribution >= 4 is 10.9 Å². The predicted octanol–water partition coefficient (Wildman–Crippen LogP) is 7.60. The lowest BCUT2D eigenvalue weighted by Crippen LogP contribution is -2.48. The number of H-pyrrole nitrogens is 1. The fourth-order valence-corrected chi connectivity index (χ4v) is 7.82. The Morgan fingerprint density at radius 1 is 0.882 bits per heavy atom. The van der Waals surface area contributed by atoms with Crippen LogP contribution >= 0.6 is 0 Å². The number of fused-ring (bicyclic) bond motifs is 1. The number of aryl methyl sites for hydroxylation is 1. The molecule has 0 saturated heterocycles. The van der Waals surface area contributed by atoms with Crippen molar-refractivity contribution < 1.29 is 13.2 Å². The van der Waals surface area contributed by atoms with Crippen molar-refractivity contribution in [2.75, 3.05) is 6.54 Å². The van der Waals surface area contributed by atoms with Gasteiger partial charge < -0.3 is 10.7 Å². The van der Waals surface area contributed by atoms with Crippen LogP contribution in [0.4, 0.5) is 13.2 Å². The van der Waals surface area contributed by atoms with Crippen molar-refractivity contribution in [2.45, 2.75) is 69.4 Å². The molecule has 0 atom stereocenters. The molecule has 5 heteroatoms. The van der Waals surface area contributed by atoms with Crippen molar-refractivity contribution in [1.82, 2.24) is 4.98 Å². The van der Waals surface area contributed by atoms with E-state index in [4.69, 9.17) is 5.73 Å². The summed E-state index contributed by atoms with van der Waals surface area (Å²) in [4.78, 5) is 3.55. The van der Waals surface area contributed by atoms with E-state index < -0.39 is 11.7 Å². The average molecular weight is 467 g/mol. The maximum atomic E-state index is 13.1. The monoisotopic (exact) mass is 466 g/mol. The fourth-order valence-electron chi connectivity index (χ4n) is 7.82. The standard InChI is InChI=1S/C29H33F3N2/c30-29(31,32)22-6-4-21(5-7-22)27-24(3-1-2-10-33)25-14-23(8-9-26(25)34-27)28-15-18-11-19(16-28)13-20(12-18)17-28/h4-9,14,18-20,34H,1-3,10-13,15-17,33H2. The Labute approximate surface area is 199 Å². The molecule has 34 heavy (non-hydrogen) atoms. The molecule has 4 bridgehead atoms. The molecule has 1 aromatic heterocycles. The second kappa shape index (κ2) is 8.15. The molecule has 4 saturated carbocycles. The summed E-state index contributed by atoms with van der Waals surface area (Å²) >= 11 is 0. The summed E-state index contributed by atoms with van der Waals surface area (Å²) in [5, 5.41) is 1.24. The molecule has 0 unspecified atom stereocenters. The van der Waals surface area contributed by atoms with E-state index in [9.17, 15) is 13.2 Å². The highest BCUT2D eigenvalue weighted by molar-refractivity contribution is 5.91. The fraction of sp³-hybridized carbons (Fsp3) is 0.517. The van der Waals surface area contributed by atoms with Crippen LogP contribution in [0.2, 0.25) is 0 Å². The number of halogens is 3.